The van der Waals surface area contributed by atoms with E-state index in [1.807, 2.05) is 0 Å². The summed E-state index contributed by atoms with van der Waals surface area (Å²) >= 11 is 6.29. The Morgan fingerprint density at radius 1 is 1.67 bits per heavy atom. The van der Waals surface area contributed by atoms with Gasteiger partial charge in [-0.1, -0.05) is 25.6 Å². The molecule has 0 radical (unpaired) electrons. The zero-order valence-electron chi connectivity index (χ0n) is 7.37. The van der Waals surface area contributed by atoms with E-state index in [2.05, 4.69) is 6.92 Å². The van der Waals surface area contributed by atoms with Crippen molar-refractivity contribution in [2.24, 2.45) is 0 Å². The molecule has 1 unspecified atom stereocenters. The molecule has 0 spiro atoms. The Balaban J connectivity index is 3.61. The summed E-state index contributed by atoms with van der Waals surface area (Å²) in [5, 5.41) is 8.17. The molecule has 0 fully saturated rings. The van der Waals surface area contributed by atoms with Crippen LogP contribution in [0.15, 0.2) is 0 Å². The van der Waals surface area contributed by atoms with Crippen molar-refractivity contribution in [3.8, 4) is 0 Å². The third kappa shape index (κ3) is 5.55. The van der Waals surface area contributed by atoms with Gasteiger partial charge in [-0.3, -0.25) is 4.79 Å². The lowest BCUT2D eigenvalue weighted by atomic mass is 10.3. The Hall–Kier alpha value is -0.0900. The van der Waals surface area contributed by atoms with Gasteiger partial charge in [0.05, 0.1) is 0 Å². The fourth-order valence-electron chi connectivity index (χ4n) is 0.628. The number of thioether (sulfide) groups is 1. The van der Waals surface area contributed by atoms with Crippen LogP contribution >= 0.6 is 24.0 Å². The van der Waals surface area contributed by atoms with Crippen molar-refractivity contribution >= 4 is 34.1 Å². The summed E-state index contributed by atoms with van der Waals surface area (Å²) in [6, 6.07) is 0. The number of unbranched alkanes of at least 4 members (excludes halogenated alkanes) is 1. The van der Waals surface area contributed by atoms with E-state index >= 15 is 0 Å². The maximum absolute atomic E-state index is 10.4. The minimum atomic E-state index is -0.793. The second-order valence-corrected chi connectivity index (χ2v) is 4.76. The highest BCUT2D eigenvalue weighted by atomic mass is 32.2. The highest BCUT2D eigenvalue weighted by molar-refractivity contribution is 8.23. The number of carboxylic acid groups (broad SMARTS) is 1. The topological polar surface area (TPSA) is 37.3 Å². The molecule has 2 nitrogen and oxygen atoms in total. The maximum Gasteiger partial charge on any atom is 0.316 e. The molecule has 0 amide bonds. The van der Waals surface area contributed by atoms with Gasteiger partial charge in [-0.15, -0.1) is 11.8 Å². The summed E-state index contributed by atoms with van der Waals surface area (Å²) < 4.78 is 0.812. The Bertz CT molecular complexity index is 168. The van der Waals surface area contributed by atoms with Crippen molar-refractivity contribution in [3.05, 3.63) is 0 Å². The molecule has 0 rings (SSSR count). The summed E-state index contributed by atoms with van der Waals surface area (Å²) in [5.41, 5.74) is 0. The minimum absolute atomic E-state index is 0.408. The predicted molar refractivity (Wildman–Crippen MR) is 56.8 cm³/mol. The van der Waals surface area contributed by atoms with Crippen LogP contribution in [0, 0.1) is 0 Å². The average Bonchev–Trinajstić information content (AvgIpc) is 2.00. The smallest absolute Gasteiger partial charge is 0.316 e. The van der Waals surface area contributed by atoms with Crippen LogP contribution in [-0.4, -0.2) is 20.5 Å². The van der Waals surface area contributed by atoms with Crippen molar-refractivity contribution in [2.45, 2.75) is 38.4 Å². The zero-order valence-corrected chi connectivity index (χ0v) is 9.00. The number of thiocarbonyl (C=S) groups is 1. The molecule has 12 heavy (non-hydrogen) atoms. The van der Waals surface area contributed by atoms with Crippen LogP contribution in [0.4, 0.5) is 0 Å². The van der Waals surface area contributed by atoms with Gasteiger partial charge in [0.1, 0.15) is 5.25 Å². The zero-order chi connectivity index (χ0) is 9.56. The van der Waals surface area contributed by atoms with Gasteiger partial charge in [0.2, 0.25) is 0 Å². The van der Waals surface area contributed by atoms with Crippen LogP contribution < -0.4 is 0 Å². The lowest BCUT2D eigenvalue weighted by molar-refractivity contribution is -0.136. The van der Waals surface area contributed by atoms with E-state index in [0.717, 1.165) is 23.5 Å². The molecule has 0 aromatic carbocycles. The third-order valence-corrected chi connectivity index (χ3v) is 2.91. The molecule has 4 heteroatoms. The second kappa shape index (κ2) is 6.43. The highest BCUT2D eigenvalue weighted by Crippen LogP contribution is 2.17. The average molecular weight is 206 g/mol. The van der Waals surface area contributed by atoms with Crippen LogP contribution in [0.25, 0.3) is 0 Å². The van der Waals surface area contributed by atoms with E-state index in [-0.39, 0.29) is 0 Å². The molecule has 1 atom stereocenters. The summed E-state index contributed by atoms with van der Waals surface area (Å²) in [6.07, 6.45) is 3.01. The SMILES string of the molecule is CCCCC(=S)SC(C)C(=O)O. The standard InChI is InChI=1S/C8H14O2S2/c1-3-4-5-7(11)12-6(2)8(9)10/h6H,3-5H2,1-2H3,(H,9,10). The van der Waals surface area contributed by atoms with Crippen LogP contribution in [0.2, 0.25) is 0 Å². The molecule has 0 aromatic heterocycles. The molecule has 0 aromatic rings. The number of hydrogen-bond acceptors (Lipinski definition) is 3. The molecule has 0 saturated heterocycles. The van der Waals surface area contributed by atoms with Crippen molar-refractivity contribution in [1.29, 1.82) is 0 Å². The summed E-state index contributed by atoms with van der Waals surface area (Å²) in [7, 11) is 0. The molecule has 0 saturated carbocycles. The van der Waals surface area contributed by atoms with E-state index in [4.69, 9.17) is 17.3 Å². The van der Waals surface area contributed by atoms with Gasteiger partial charge < -0.3 is 5.11 Å². The fourth-order valence-corrected chi connectivity index (χ4v) is 1.96. The summed E-state index contributed by atoms with van der Waals surface area (Å²) in [6.45, 7) is 3.75. The van der Waals surface area contributed by atoms with E-state index in [0.29, 0.717) is 0 Å². The van der Waals surface area contributed by atoms with Gasteiger partial charge in [-0.2, -0.15) is 0 Å². The van der Waals surface area contributed by atoms with E-state index < -0.39 is 11.2 Å². The molecule has 0 heterocycles. The Labute approximate surface area is 82.7 Å². The van der Waals surface area contributed by atoms with Gasteiger partial charge in [-0.05, 0) is 19.8 Å². The highest BCUT2D eigenvalue weighted by Gasteiger charge is 2.13. The van der Waals surface area contributed by atoms with Crippen molar-refractivity contribution in [3.63, 3.8) is 0 Å². The van der Waals surface area contributed by atoms with Gasteiger partial charge in [-0.25, -0.2) is 0 Å². The van der Waals surface area contributed by atoms with E-state index in [1.54, 1.807) is 6.92 Å². The Morgan fingerprint density at radius 3 is 2.67 bits per heavy atom. The van der Waals surface area contributed by atoms with Gasteiger partial charge >= 0.3 is 5.97 Å². The summed E-state index contributed by atoms with van der Waals surface area (Å²) in [4.78, 5) is 10.4. The second-order valence-electron chi connectivity index (χ2n) is 2.57. The van der Waals surface area contributed by atoms with Gasteiger partial charge in [0, 0.05) is 4.20 Å². The van der Waals surface area contributed by atoms with Crippen LogP contribution in [0.3, 0.4) is 0 Å². The van der Waals surface area contributed by atoms with Crippen LogP contribution in [0.1, 0.15) is 33.1 Å². The number of aliphatic carboxylic acids is 1. The predicted octanol–water partition coefficient (Wildman–Crippen LogP) is 2.71. The quantitative estimate of drug-likeness (QED) is 0.702. The molecular weight excluding hydrogens is 192 g/mol. The molecule has 70 valence electrons. The fraction of sp³-hybridized carbons (Fsp3) is 0.750. The first-order valence-electron chi connectivity index (χ1n) is 4.00. The number of rotatable bonds is 5. The Morgan fingerprint density at radius 2 is 2.25 bits per heavy atom. The van der Waals surface area contributed by atoms with Crippen molar-refractivity contribution < 1.29 is 9.90 Å². The molecule has 1 N–H and O–H groups in total. The molecular formula is C8H14O2S2. The largest absolute Gasteiger partial charge is 0.480 e. The van der Waals surface area contributed by atoms with Gasteiger partial charge in [0.25, 0.3) is 0 Å². The lowest BCUT2D eigenvalue weighted by Gasteiger charge is -2.05. The number of carboxylic acids is 1. The van der Waals surface area contributed by atoms with E-state index in [1.165, 1.54) is 11.8 Å². The molecule has 0 aliphatic carbocycles. The van der Waals surface area contributed by atoms with Crippen LogP contribution in [-0.2, 0) is 4.79 Å². The number of hydrogen-bond donors (Lipinski definition) is 1. The molecule has 0 bridgehead atoms. The summed E-state index contributed by atoms with van der Waals surface area (Å²) in [5.74, 6) is -0.793. The maximum atomic E-state index is 10.4. The van der Waals surface area contributed by atoms with Gasteiger partial charge in [0.15, 0.2) is 0 Å². The first kappa shape index (κ1) is 11.9. The normalized spacial score (nSPS) is 12.5. The molecule has 0 aliphatic rings. The first-order valence-corrected chi connectivity index (χ1v) is 5.29. The van der Waals surface area contributed by atoms with Crippen molar-refractivity contribution in [1.82, 2.24) is 0 Å². The third-order valence-electron chi connectivity index (χ3n) is 1.39. The Kier molecular flexibility index (Phi) is 6.38. The molecule has 0 aliphatic heterocycles. The monoisotopic (exact) mass is 206 g/mol. The number of carbonyl (C=O) groups is 1. The van der Waals surface area contributed by atoms with Crippen molar-refractivity contribution in [2.75, 3.05) is 0 Å². The van der Waals surface area contributed by atoms with E-state index in [9.17, 15) is 4.79 Å². The first-order chi connectivity index (χ1) is 5.57. The van der Waals surface area contributed by atoms with Crippen LogP contribution in [0.5, 0.6) is 0 Å². The minimum Gasteiger partial charge on any atom is -0.480 e. The lowest BCUT2D eigenvalue weighted by Crippen LogP contribution is -2.13.